The number of aliphatic hydroxyl groups excluding tert-OH is 1. The quantitative estimate of drug-likeness (QED) is 0.907. The molecule has 1 aliphatic rings. The highest BCUT2D eigenvalue weighted by Gasteiger charge is 2.25. The van der Waals surface area contributed by atoms with E-state index in [0.29, 0.717) is 11.6 Å². The number of nitrogens with zero attached hydrogens (tertiary/aromatic N) is 2. The standard InChI is InChI=1S/C17H24N2O/c1-3-6-15-7-4-5-10-19(15)17-11-14(12-18)8-9-16(17)13(2)20/h8-9,11,13,15,20H,3-7,10H2,1-2H3/t13-,15?/m1/s1. The van der Waals surface area contributed by atoms with Crippen LogP contribution in [0.3, 0.4) is 0 Å². The Kier molecular flexibility index (Phi) is 5.03. The summed E-state index contributed by atoms with van der Waals surface area (Å²) in [6.07, 6.45) is 5.53. The number of rotatable bonds is 4. The van der Waals surface area contributed by atoms with Crippen LogP contribution in [-0.2, 0) is 0 Å². The lowest BCUT2D eigenvalue weighted by Gasteiger charge is -2.39. The van der Waals surface area contributed by atoms with Crippen molar-refractivity contribution in [2.45, 2.75) is 58.1 Å². The first kappa shape index (κ1) is 14.9. The molecule has 3 nitrogen and oxygen atoms in total. The van der Waals surface area contributed by atoms with Gasteiger partial charge in [0.25, 0.3) is 0 Å². The second kappa shape index (κ2) is 6.76. The maximum Gasteiger partial charge on any atom is 0.0992 e. The van der Waals surface area contributed by atoms with Crippen LogP contribution in [0.15, 0.2) is 18.2 Å². The summed E-state index contributed by atoms with van der Waals surface area (Å²) in [7, 11) is 0. The van der Waals surface area contributed by atoms with E-state index in [1.54, 1.807) is 13.0 Å². The predicted molar refractivity (Wildman–Crippen MR) is 81.7 cm³/mol. The van der Waals surface area contributed by atoms with E-state index in [-0.39, 0.29) is 0 Å². The van der Waals surface area contributed by atoms with Crippen molar-refractivity contribution in [1.82, 2.24) is 0 Å². The Labute approximate surface area is 121 Å². The van der Waals surface area contributed by atoms with Gasteiger partial charge in [-0.05, 0) is 44.7 Å². The molecule has 1 aromatic carbocycles. The number of hydrogen-bond acceptors (Lipinski definition) is 3. The van der Waals surface area contributed by atoms with Crippen molar-refractivity contribution in [2.75, 3.05) is 11.4 Å². The van der Waals surface area contributed by atoms with Gasteiger partial charge in [0, 0.05) is 23.8 Å². The van der Waals surface area contributed by atoms with Crippen molar-refractivity contribution in [3.63, 3.8) is 0 Å². The van der Waals surface area contributed by atoms with E-state index in [2.05, 4.69) is 17.9 Å². The fourth-order valence-corrected chi connectivity index (χ4v) is 3.17. The number of anilines is 1. The van der Waals surface area contributed by atoms with Crippen molar-refractivity contribution < 1.29 is 5.11 Å². The summed E-state index contributed by atoms with van der Waals surface area (Å²) in [6.45, 7) is 5.04. The van der Waals surface area contributed by atoms with Gasteiger partial charge in [-0.2, -0.15) is 5.26 Å². The van der Waals surface area contributed by atoms with Crippen molar-refractivity contribution in [3.05, 3.63) is 29.3 Å². The Hall–Kier alpha value is -1.53. The Bertz CT molecular complexity index is 488. The van der Waals surface area contributed by atoms with Crippen LogP contribution in [0.5, 0.6) is 0 Å². The number of nitriles is 1. The summed E-state index contributed by atoms with van der Waals surface area (Å²) in [4.78, 5) is 2.41. The van der Waals surface area contributed by atoms with Gasteiger partial charge in [0.2, 0.25) is 0 Å². The summed E-state index contributed by atoms with van der Waals surface area (Å²) in [5.41, 5.74) is 2.66. The zero-order valence-corrected chi connectivity index (χ0v) is 12.5. The van der Waals surface area contributed by atoms with Gasteiger partial charge in [-0.15, -0.1) is 0 Å². The Morgan fingerprint density at radius 2 is 2.25 bits per heavy atom. The van der Waals surface area contributed by atoms with Crippen molar-refractivity contribution >= 4 is 5.69 Å². The molecule has 2 atom stereocenters. The van der Waals surface area contributed by atoms with Crippen LogP contribution in [0.1, 0.15) is 63.2 Å². The molecule has 0 saturated carbocycles. The SMILES string of the molecule is CCCC1CCCCN1c1cc(C#N)ccc1[C@@H](C)O. The molecule has 0 spiro atoms. The molecule has 1 fully saturated rings. The fourth-order valence-electron chi connectivity index (χ4n) is 3.17. The smallest absolute Gasteiger partial charge is 0.0992 e. The average molecular weight is 272 g/mol. The van der Waals surface area contributed by atoms with E-state index in [9.17, 15) is 5.11 Å². The maximum atomic E-state index is 10.0. The molecule has 1 unspecified atom stereocenters. The molecule has 0 aromatic heterocycles. The average Bonchev–Trinajstić information content (AvgIpc) is 2.47. The third-order valence-corrected chi connectivity index (χ3v) is 4.17. The number of hydrogen-bond donors (Lipinski definition) is 1. The van der Waals surface area contributed by atoms with E-state index in [1.165, 1.54) is 32.1 Å². The van der Waals surface area contributed by atoms with E-state index in [1.807, 2.05) is 12.1 Å². The molecule has 2 rings (SSSR count). The second-order valence-corrected chi connectivity index (χ2v) is 5.69. The monoisotopic (exact) mass is 272 g/mol. The highest BCUT2D eigenvalue weighted by molar-refractivity contribution is 5.59. The molecule has 1 heterocycles. The topological polar surface area (TPSA) is 47.3 Å². The van der Waals surface area contributed by atoms with Gasteiger partial charge in [-0.25, -0.2) is 0 Å². The molecule has 20 heavy (non-hydrogen) atoms. The van der Waals surface area contributed by atoms with Crippen molar-refractivity contribution in [3.8, 4) is 6.07 Å². The Morgan fingerprint density at radius 3 is 2.90 bits per heavy atom. The van der Waals surface area contributed by atoms with Crippen molar-refractivity contribution in [2.24, 2.45) is 0 Å². The van der Waals surface area contributed by atoms with Crippen LogP contribution < -0.4 is 4.90 Å². The molecule has 1 N–H and O–H groups in total. The summed E-state index contributed by atoms with van der Waals surface area (Å²) < 4.78 is 0. The lowest BCUT2D eigenvalue weighted by molar-refractivity contribution is 0.199. The molecule has 1 aliphatic heterocycles. The highest BCUT2D eigenvalue weighted by atomic mass is 16.3. The van der Waals surface area contributed by atoms with Gasteiger partial charge >= 0.3 is 0 Å². The van der Waals surface area contributed by atoms with Gasteiger partial charge in [-0.1, -0.05) is 19.4 Å². The molecule has 0 aliphatic carbocycles. The van der Waals surface area contributed by atoms with Crippen LogP contribution in [0.25, 0.3) is 0 Å². The molecule has 1 aromatic rings. The maximum absolute atomic E-state index is 10.0. The van der Waals surface area contributed by atoms with E-state index in [4.69, 9.17) is 5.26 Å². The molecule has 1 saturated heterocycles. The van der Waals surface area contributed by atoms with Crippen molar-refractivity contribution in [1.29, 1.82) is 5.26 Å². The predicted octanol–water partition coefficient (Wildman–Crippen LogP) is 3.77. The van der Waals surface area contributed by atoms with Crippen LogP contribution in [0, 0.1) is 11.3 Å². The van der Waals surface area contributed by atoms with Gasteiger partial charge < -0.3 is 10.0 Å². The number of aliphatic hydroxyl groups is 1. The number of benzene rings is 1. The Balaban J connectivity index is 2.39. The Morgan fingerprint density at radius 1 is 1.45 bits per heavy atom. The van der Waals surface area contributed by atoms with Crippen LogP contribution >= 0.6 is 0 Å². The normalized spacial score (nSPS) is 20.5. The molecular weight excluding hydrogens is 248 g/mol. The van der Waals surface area contributed by atoms with E-state index < -0.39 is 6.10 Å². The second-order valence-electron chi connectivity index (χ2n) is 5.69. The van der Waals surface area contributed by atoms with Gasteiger partial charge in [0.15, 0.2) is 0 Å². The molecule has 0 bridgehead atoms. The summed E-state index contributed by atoms with van der Waals surface area (Å²) in [5.74, 6) is 0. The summed E-state index contributed by atoms with van der Waals surface area (Å²) in [6, 6.07) is 8.39. The molecule has 108 valence electrons. The largest absolute Gasteiger partial charge is 0.389 e. The third kappa shape index (κ3) is 3.13. The molecule has 3 heteroatoms. The highest BCUT2D eigenvalue weighted by Crippen LogP contribution is 2.33. The minimum absolute atomic E-state index is 0.498. The lowest BCUT2D eigenvalue weighted by Crippen LogP contribution is -2.40. The fraction of sp³-hybridized carbons (Fsp3) is 0.588. The first-order valence-electron chi connectivity index (χ1n) is 7.66. The lowest BCUT2D eigenvalue weighted by atomic mass is 9.95. The van der Waals surface area contributed by atoms with Crippen LogP contribution in [0.2, 0.25) is 0 Å². The summed E-state index contributed by atoms with van der Waals surface area (Å²) in [5, 5.41) is 19.1. The molecule has 0 radical (unpaired) electrons. The molecular formula is C17H24N2O. The number of piperidine rings is 1. The van der Waals surface area contributed by atoms with Gasteiger partial charge in [0.1, 0.15) is 0 Å². The van der Waals surface area contributed by atoms with Gasteiger partial charge in [0.05, 0.1) is 17.7 Å². The van der Waals surface area contributed by atoms with E-state index >= 15 is 0 Å². The van der Waals surface area contributed by atoms with Crippen LogP contribution in [0.4, 0.5) is 5.69 Å². The minimum Gasteiger partial charge on any atom is -0.389 e. The summed E-state index contributed by atoms with van der Waals surface area (Å²) >= 11 is 0. The molecule has 0 amide bonds. The first-order valence-corrected chi connectivity index (χ1v) is 7.66. The third-order valence-electron chi connectivity index (χ3n) is 4.17. The zero-order chi connectivity index (χ0) is 14.5. The minimum atomic E-state index is -0.498. The van der Waals surface area contributed by atoms with Gasteiger partial charge in [-0.3, -0.25) is 0 Å². The van der Waals surface area contributed by atoms with Crippen LogP contribution in [-0.4, -0.2) is 17.7 Å². The van der Waals surface area contributed by atoms with E-state index in [0.717, 1.165) is 17.8 Å². The zero-order valence-electron chi connectivity index (χ0n) is 12.5. The first-order chi connectivity index (χ1) is 9.67.